The SMILES string of the molecule is CCOC(=O)CN1C(=O)/C(=c2/sc3n(c2=O)[C@@H](c2ccccc2)C(C(=O)OCC)=C(c2ccccc2)N=3)c2ccccc21. The number of hydrogen-bond acceptors (Lipinski definition) is 8. The Balaban J connectivity index is 1.65. The van der Waals surface area contributed by atoms with Crippen molar-refractivity contribution >= 4 is 46.1 Å². The number of carbonyl (C=O) groups is 3. The average Bonchev–Trinajstić information content (AvgIpc) is 3.49. The smallest absolute Gasteiger partial charge is 0.338 e. The van der Waals surface area contributed by atoms with Crippen molar-refractivity contribution in [2.24, 2.45) is 4.99 Å². The third-order valence-corrected chi connectivity index (χ3v) is 8.26. The Hall–Kier alpha value is -5.09. The molecule has 1 aromatic heterocycles. The van der Waals surface area contributed by atoms with Crippen LogP contribution in [0.2, 0.25) is 0 Å². The Morgan fingerprint density at radius 2 is 1.51 bits per heavy atom. The van der Waals surface area contributed by atoms with E-state index in [0.717, 1.165) is 11.3 Å². The van der Waals surface area contributed by atoms with Crippen LogP contribution in [0.15, 0.2) is 100 Å². The number of anilines is 1. The third kappa shape index (κ3) is 4.89. The normalized spacial score (nSPS) is 16.8. The van der Waals surface area contributed by atoms with Gasteiger partial charge < -0.3 is 9.47 Å². The minimum atomic E-state index is -0.858. The molecule has 0 saturated carbocycles. The highest BCUT2D eigenvalue weighted by molar-refractivity contribution is 7.07. The lowest BCUT2D eigenvalue weighted by Crippen LogP contribution is -2.41. The van der Waals surface area contributed by atoms with Gasteiger partial charge in [0.15, 0.2) is 4.80 Å². The third-order valence-electron chi connectivity index (χ3n) is 7.21. The number of nitrogens with zero attached hydrogens (tertiary/aromatic N) is 3. The van der Waals surface area contributed by atoms with Gasteiger partial charge in [0.1, 0.15) is 11.1 Å². The number of amides is 1. The first kappa shape index (κ1) is 28.0. The number of fused-ring (bicyclic) bond motifs is 2. The number of carbonyl (C=O) groups excluding carboxylic acids is 3. The van der Waals surface area contributed by atoms with Crippen molar-refractivity contribution in [2.75, 3.05) is 24.7 Å². The van der Waals surface area contributed by atoms with Crippen LogP contribution in [-0.4, -0.2) is 42.2 Å². The fourth-order valence-corrected chi connectivity index (χ4v) is 6.52. The van der Waals surface area contributed by atoms with Gasteiger partial charge in [-0.1, -0.05) is 90.2 Å². The number of hydrogen-bond donors (Lipinski definition) is 0. The summed E-state index contributed by atoms with van der Waals surface area (Å²) in [6.07, 6.45) is 0. The van der Waals surface area contributed by atoms with E-state index in [-0.39, 0.29) is 35.4 Å². The highest BCUT2D eigenvalue weighted by atomic mass is 32.1. The van der Waals surface area contributed by atoms with E-state index in [1.807, 2.05) is 60.7 Å². The molecule has 9 nitrogen and oxygen atoms in total. The molecule has 2 aliphatic rings. The lowest BCUT2D eigenvalue weighted by Gasteiger charge is -2.25. The number of esters is 2. The van der Waals surface area contributed by atoms with Crippen molar-refractivity contribution in [3.8, 4) is 0 Å². The Bertz CT molecular complexity index is 1960. The molecule has 0 unspecified atom stereocenters. The molecule has 0 spiro atoms. The molecule has 0 aliphatic carbocycles. The van der Waals surface area contributed by atoms with E-state index in [0.29, 0.717) is 32.9 Å². The Morgan fingerprint density at radius 3 is 2.21 bits per heavy atom. The summed E-state index contributed by atoms with van der Waals surface area (Å²) in [6.45, 7) is 3.45. The maximum absolute atomic E-state index is 14.4. The van der Waals surface area contributed by atoms with E-state index in [9.17, 15) is 19.2 Å². The van der Waals surface area contributed by atoms with Crippen LogP contribution in [0, 0.1) is 0 Å². The molecule has 3 heterocycles. The zero-order valence-electron chi connectivity index (χ0n) is 23.5. The van der Waals surface area contributed by atoms with Crippen molar-refractivity contribution in [3.05, 3.63) is 127 Å². The van der Waals surface area contributed by atoms with Crippen LogP contribution in [-0.2, 0) is 23.9 Å². The van der Waals surface area contributed by atoms with Crippen LogP contribution < -0.4 is 19.8 Å². The van der Waals surface area contributed by atoms with Crippen LogP contribution in [0.3, 0.4) is 0 Å². The average molecular weight is 594 g/mol. The predicted molar refractivity (Wildman–Crippen MR) is 162 cm³/mol. The highest BCUT2D eigenvalue weighted by Gasteiger charge is 2.38. The number of rotatable bonds is 7. The second-order valence-corrected chi connectivity index (χ2v) is 10.7. The van der Waals surface area contributed by atoms with Gasteiger partial charge in [-0.25, -0.2) is 9.79 Å². The molecular formula is C33H27N3O6S. The molecule has 1 amide bonds. The molecule has 0 saturated heterocycles. The van der Waals surface area contributed by atoms with E-state index in [1.54, 1.807) is 38.1 Å². The van der Waals surface area contributed by atoms with Crippen molar-refractivity contribution in [1.82, 2.24) is 4.57 Å². The molecule has 1 atom stereocenters. The van der Waals surface area contributed by atoms with Crippen LogP contribution in [0.1, 0.15) is 36.6 Å². The molecule has 0 N–H and O–H groups in total. The first-order valence-corrected chi connectivity index (χ1v) is 14.7. The second kappa shape index (κ2) is 11.7. The summed E-state index contributed by atoms with van der Waals surface area (Å²) in [5, 5.41) is 0. The largest absolute Gasteiger partial charge is 0.465 e. The summed E-state index contributed by atoms with van der Waals surface area (Å²) < 4.78 is 12.2. The van der Waals surface area contributed by atoms with Crippen molar-refractivity contribution in [3.63, 3.8) is 0 Å². The minimum Gasteiger partial charge on any atom is -0.465 e. The van der Waals surface area contributed by atoms with Crippen LogP contribution in [0.4, 0.5) is 5.69 Å². The molecule has 0 radical (unpaired) electrons. The van der Waals surface area contributed by atoms with Crippen LogP contribution in [0.5, 0.6) is 0 Å². The van der Waals surface area contributed by atoms with Gasteiger partial charge in [-0.05, 0) is 25.5 Å². The summed E-state index contributed by atoms with van der Waals surface area (Å²) >= 11 is 1.08. The number of aromatic nitrogens is 1. The zero-order chi connectivity index (χ0) is 30.1. The Kier molecular flexibility index (Phi) is 7.60. The number of thiazole rings is 1. The Morgan fingerprint density at radius 1 is 0.860 bits per heavy atom. The maximum atomic E-state index is 14.4. The van der Waals surface area contributed by atoms with Gasteiger partial charge in [-0.15, -0.1) is 0 Å². The maximum Gasteiger partial charge on any atom is 0.338 e. The van der Waals surface area contributed by atoms with Gasteiger partial charge in [0, 0.05) is 11.1 Å². The lowest BCUT2D eigenvalue weighted by molar-refractivity contribution is -0.142. The topological polar surface area (TPSA) is 107 Å². The van der Waals surface area contributed by atoms with E-state index < -0.39 is 29.4 Å². The quantitative estimate of drug-likeness (QED) is 0.305. The second-order valence-electron chi connectivity index (χ2n) is 9.75. The van der Waals surface area contributed by atoms with E-state index >= 15 is 0 Å². The summed E-state index contributed by atoms with van der Waals surface area (Å²) in [5.41, 5.74) is 2.76. The van der Waals surface area contributed by atoms with E-state index in [4.69, 9.17) is 14.5 Å². The molecular weight excluding hydrogens is 566 g/mol. The number of para-hydroxylation sites is 1. The monoisotopic (exact) mass is 593 g/mol. The predicted octanol–water partition coefficient (Wildman–Crippen LogP) is 3.22. The fraction of sp³-hybridized carbons (Fsp3) is 0.182. The summed E-state index contributed by atoms with van der Waals surface area (Å²) in [7, 11) is 0. The van der Waals surface area contributed by atoms with Gasteiger partial charge >= 0.3 is 11.9 Å². The zero-order valence-corrected chi connectivity index (χ0v) is 24.3. The van der Waals surface area contributed by atoms with Crippen LogP contribution in [0.25, 0.3) is 11.3 Å². The fourth-order valence-electron chi connectivity index (χ4n) is 5.43. The standard InChI is InChI=1S/C33H27N3O6S/c1-3-41-24(37)19-35-23-18-12-11-17-22(23)25(30(35)38)29-31(39)36-28(21-15-9-6-10-16-21)26(32(40)42-4-2)27(34-33(36)43-29)20-13-7-5-8-14-20/h5-18,28H,3-4,19H2,1-2H3/b29-25+/t28-/m0/s1. The van der Waals surface area contributed by atoms with Gasteiger partial charge in [-0.2, -0.15) is 0 Å². The molecule has 2 aliphatic heterocycles. The lowest BCUT2D eigenvalue weighted by atomic mass is 9.93. The van der Waals surface area contributed by atoms with Gasteiger partial charge in [0.05, 0.1) is 41.8 Å². The van der Waals surface area contributed by atoms with E-state index in [1.165, 1.54) is 9.47 Å². The minimum absolute atomic E-state index is 0.141. The summed E-state index contributed by atoms with van der Waals surface area (Å²) in [6, 6.07) is 24.6. The number of ether oxygens (including phenoxy) is 2. The molecule has 0 fully saturated rings. The molecule has 43 heavy (non-hydrogen) atoms. The van der Waals surface area contributed by atoms with Gasteiger partial charge in [0.2, 0.25) is 0 Å². The summed E-state index contributed by atoms with van der Waals surface area (Å²) in [5.74, 6) is -1.62. The van der Waals surface area contributed by atoms with Crippen LogP contribution >= 0.6 is 11.3 Å². The Labute approximate surface area is 250 Å². The molecule has 4 aromatic rings. The molecule has 10 heteroatoms. The summed E-state index contributed by atoms with van der Waals surface area (Å²) in [4.78, 5) is 60.8. The van der Waals surface area contributed by atoms with Crippen molar-refractivity contribution in [2.45, 2.75) is 19.9 Å². The van der Waals surface area contributed by atoms with Crippen molar-refractivity contribution in [1.29, 1.82) is 0 Å². The first-order valence-electron chi connectivity index (χ1n) is 13.9. The van der Waals surface area contributed by atoms with Crippen molar-refractivity contribution < 1.29 is 23.9 Å². The molecule has 3 aromatic carbocycles. The van der Waals surface area contributed by atoms with Gasteiger partial charge in [0.25, 0.3) is 11.5 Å². The molecule has 0 bridgehead atoms. The first-order chi connectivity index (χ1) is 20.9. The highest BCUT2D eigenvalue weighted by Crippen LogP contribution is 2.37. The van der Waals surface area contributed by atoms with E-state index in [2.05, 4.69) is 0 Å². The molecule has 216 valence electrons. The molecule has 6 rings (SSSR count). The van der Waals surface area contributed by atoms with Gasteiger partial charge in [-0.3, -0.25) is 23.9 Å². The number of benzene rings is 3.